The lowest BCUT2D eigenvalue weighted by atomic mass is 9.93. The SMILES string of the molecule is COc1ccc(Br)cc1NC(=O)CCC1CCNCC1. The summed E-state index contributed by atoms with van der Waals surface area (Å²) in [5.74, 6) is 1.41. The van der Waals surface area contributed by atoms with Crippen molar-refractivity contribution in [2.45, 2.75) is 25.7 Å². The molecule has 1 aliphatic rings. The highest BCUT2D eigenvalue weighted by atomic mass is 79.9. The summed E-state index contributed by atoms with van der Waals surface area (Å²) in [7, 11) is 1.61. The van der Waals surface area contributed by atoms with E-state index >= 15 is 0 Å². The molecule has 1 heterocycles. The molecule has 5 heteroatoms. The molecule has 0 atom stereocenters. The van der Waals surface area contributed by atoms with E-state index in [1.807, 2.05) is 18.2 Å². The summed E-state index contributed by atoms with van der Waals surface area (Å²) in [6.45, 7) is 2.15. The Kier molecular flexibility index (Phi) is 5.86. The van der Waals surface area contributed by atoms with Crippen LogP contribution in [0.25, 0.3) is 0 Å². The molecule has 0 bridgehead atoms. The van der Waals surface area contributed by atoms with Gasteiger partial charge in [0, 0.05) is 10.9 Å². The van der Waals surface area contributed by atoms with E-state index in [2.05, 4.69) is 26.6 Å². The molecular weight excluding hydrogens is 320 g/mol. The molecule has 1 aromatic rings. The minimum Gasteiger partial charge on any atom is -0.495 e. The molecule has 1 saturated heterocycles. The van der Waals surface area contributed by atoms with Crippen molar-refractivity contribution >= 4 is 27.5 Å². The Labute approximate surface area is 128 Å². The normalized spacial score (nSPS) is 15.9. The van der Waals surface area contributed by atoms with Gasteiger partial charge in [-0.15, -0.1) is 0 Å². The first kappa shape index (κ1) is 15.3. The number of nitrogens with one attached hydrogen (secondary N) is 2. The second-order valence-corrected chi connectivity index (χ2v) is 6.04. The lowest BCUT2D eigenvalue weighted by Crippen LogP contribution is -2.28. The molecule has 1 fully saturated rings. The molecule has 1 aliphatic heterocycles. The van der Waals surface area contributed by atoms with E-state index in [-0.39, 0.29) is 5.91 Å². The van der Waals surface area contributed by atoms with Gasteiger partial charge in [0.1, 0.15) is 5.75 Å². The zero-order valence-electron chi connectivity index (χ0n) is 11.7. The van der Waals surface area contributed by atoms with E-state index in [1.54, 1.807) is 7.11 Å². The molecule has 0 saturated carbocycles. The Bertz CT molecular complexity index is 459. The fourth-order valence-electron chi connectivity index (χ4n) is 2.50. The maximum Gasteiger partial charge on any atom is 0.224 e. The van der Waals surface area contributed by atoms with Gasteiger partial charge in [0.25, 0.3) is 0 Å². The van der Waals surface area contributed by atoms with E-state index in [0.717, 1.165) is 29.7 Å². The molecule has 1 aromatic carbocycles. The lowest BCUT2D eigenvalue weighted by Gasteiger charge is -2.22. The smallest absolute Gasteiger partial charge is 0.224 e. The van der Waals surface area contributed by atoms with Gasteiger partial charge in [0.2, 0.25) is 5.91 Å². The van der Waals surface area contributed by atoms with E-state index in [4.69, 9.17) is 4.74 Å². The number of carbonyl (C=O) groups is 1. The molecule has 2 rings (SSSR count). The molecule has 0 radical (unpaired) electrons. The number of carbonyl (C=O) groups excluding carboxylic acids is 1. The Balaban J connectivity index is 1.86. The Morgan fingerprint density at radius 1 is 1.45 bits per heavy atom. The highest BCUT2D eigenvalue weighted by Crippen LogP contribution is 2.28. The third-order valence-corrected chi connectivity index (χ3v) is 4.17. The predicted octanol–water partition coefficient (Wildman–Crippen LogP) is 3.18. The summed E-state index contributed by atoms with van der Waals surface area (Å²) in [4.78, 5) is 12.0. The molecule has 20 heavy (non-hydrogen) atoms. The van der Waals surface area contributed by atoms with Gasteiger partial charge in [0.05, 0.1) is 12.8 Å². The number of rotatable bonds is 5. The van der Waals surface area contributed by atoms with Gasteiger partial charge < -0.3 is 15.4 Å². The quantitative estimate of drug-likeness (QED) is 0.865. The Hall–Kier alpha value is -1.07. The average molecular weight is 341 g/mol. The maximum absolute atomic E-state index is 12.0. The van der Waals surface area contributed by atoms with Crippen LogP contribution in [0.3, 0.4) is 0 Å². The predicted molar refractivity (Wildman–Crippen MR) is 84.2 cm³/mol. The van der Waals surface area contributed by atoms with Crippen molar-refractivity contribution in [2.75, 3.05) is 25.5 Å². The van der Waals surface area contributed by atoms with Gasteiger partial charge in [-0.3, -0.25) is 4.79 Å². The van der Waals surface area contributed by atoms with Crippen molar-refractivity contribution in [1.29, 1.82) is 0 Å². The molecule has 0 aromatic heterocycles. The van der Waals surface area contributed by atoms with E-state index in [9.17, 15) is 4.79 Å². The first-order valence-corrected chi connectivity index (χ1v) is 7.82. The van der Waals surface area contributed by atoms with Crippen LogP contribution in [-0.4, -0.2) is 26.1 Å². The Morgan fingerprint density at radius 2 is 2.20 bits per heavy atom. The summed E-state index contributed by atoms with van der Waals surface area (Å²) >= 11 is 3.40. The van der Waals surface area contributed by atoms with Crippen molar-refractivity contribution in [3.63, 3.8) is 0 Å². The van der Waals surface area contributed by atoms with Crippen molar-refractivity contribution in [2.24, 2.45) is 5.92 Å². The summed E-state index contributed by atoms with van der Waals surface area (Å²) in [6, 6.07) is 5.59. The fraction of sp³-hybridized carbons (Fsp3) is 0.533. The number of methoxy groups -OCH3 is 1. The zero-order valence-corrected chi connectivity index (χ0v) is 13.3. The number of anilines is 1. The number of amides is 1. The number of piperidine rings is 1. The average Bonchev–Trinajstić information content (AvgIpc) is 2.46. The highest BCUT2D eigenvalue weighted by molar-refractivity contribution is 9.10. The molecule has 0 spiro atoms. The third-order valence-electron chi connectivity index (χ3n) is 3.67. The number of ether oxygens (including phenoxy) is 1. The van der Waals surface area contributed by atoms with E-state index in [0.29, 0.717) is 18.1 Å². The van der Waals surface area contributed by atoms with Gasteiger partial charge in [-0.2, -0.15) is 0 Å². The fourth-order valence-corrected chi connectivity index (χ4v) is 2.86. The first-order chi connectivity index (χ1) is 9.69. The van der Waals surface area contributed by atoms with Crippen molar-refractivity contribution in [3.8, 4) is 5.75 Å². The van der Waals surface area contributed by atoms with Crippen LogP contribution in [0.4, 0.5) is 5.69 Å². The summed E-state index contributed by atoms with van der Waals surface area (Å²) in [5, 5.41) is 6.27. The van der Waals surface area contributed by atoms with Gasteiger partial charge in [-0.25, -0.2) is 0 Å². The molecule has 4 nitrogen and oxygen atoms in total. The number of halogens is 1. The van der Waals surface area contributed by atoms with Crippen LogP contribution in [-0.2, 0) is 4.79 Å². The molecule has 0 aliphatic carbocycles. The van der Waals surface area contributed by atoms with Crippen molar-refractivity contribution in [1.82, 2.24) is 5.32 Å². The topological polar surface area (TPSA) is 50.4 Å². The second-order valence-electron chi connectivity index (χ2n) is 5.12. The number of hydrogen-bond donors (Lipinski definition) is 2. The monoisotopic (exact) mass is 340 g/mol. The Morgan fingerprint density at radius 3 is 2.90 bits per heavy atom. The first-order valence-electron chi connectivity index (χ1n) is 7.03. The van der Waals surface area contributed by atoms with Gasteiger partial charge in [-0.1, -0.05) is 15.9 Å². The van der Waals surface area contributed by atoms with E-state index in [1.165, 1.54) is 12.8 Å². The molecule has 1 amide bonds. The number of hydrogen-bond acceptors (Lipinski definition) is 3. The van der Waals surface area contributed by atoms with Crippen molar-refractivity contribution in [3.05, 3.63) is 22.7 Å². The highest BCUT2D eigenvalue weighted by Gasteiger charge is 2.15. The third kappa shape index (κ3) is 4.49. The molecule has 0 unspecified atom stereocenters. The molecule has 2 N–H and O–H groups in total. The van der Waals surface area contributed by atoms with Crippen molar-refractivity contribution < 1.29 is 9.53 Å². The minimum atomic E-state index is 0.0555. The maximum atomic E-state index is 12.0. The standard InChI is InChI=1S/C15H21BrN2O2/c1-20-14-4-3-12(16)10-13(14)18-15(19)5-2-11-6-8-17-9-7-11/h3-4,10-11,17H,2,5-9H2,1H3,(H,18,19). The van der Waals surface area contributed by atoms with Crippen LogP contribution < -0.4 is 15.4 Å². The summed E-state index contributed by atoms with van der Waals surface area (Å²) < 4.78 is 6.17. The van der Waals surface area contributed by atoms with E-state index < -0.39 is 0 Å². The second kappa shape index (κ2) is 7.64. The number of benzene rings is 1. The zero-order chi connectivity index (χ0) is 14.4. The van der Waals surface area contributed by atoms with Gasteiger partial charge in [0.15, 0.2) is 0 Å². The summed E-state index contributed by atoms with van der Waals surface area (Å²) in [6.07, 6.45) is 3.88. The molecule has 110 valence electrons. The van der Waals surface area contributed by atoms with Crippen LogP contribution in [0, 0.1) is 5.92 Å². The van der Waals surface area contributed by atoms with Crippen LogP contribution in [0.2, 0.25) is 0 Å². The van der Waals surface area contributed by atoms with Gasteiger partial charge in [-0.05, 0) is 56.5 Å². The lowest BCUT2D eigenvalue weighted by molar-refractivity contribution is -0.116. The van der Waals surface area contributed by atoms with Crippen LogP contribution in [0.5, 0.6) is 5.75 Å². The summed E-state index contributed by atoms with van der Waals surface area (Å²) in [5.41, 5.74) is 0.720. The van der Waals surface area contributed by atoms with Crippen LogP contribution >= 0.6 is 15.9 Å². The van der Waals surface area contributed by atoms with Crippen LogP contribution in [0.15, 0.2) is 22.7 Å². The minimum absolute atomic E-state index is 0.0555. The van der Waals surface area contributed by atoms with Crippen LogP contribution in [0.1, 0.15) is 25.7 Å². The van der Waals surface area contributed by atoms with Gasteiger partial charge >= 0.3 is 0 Å². The largest absolute Gasteiger partial charge is 0.495 e. The molecular formula is C15H21BrN2O2.